The highest BCUT2D eigenvalue weighted by molar-refractivity contribution is 7.99. The third-order valence-electron chi connectivity index (χ3n) is 6.61. The first kappa shape index (κ1) is 24.3. The highest BCUT2D eigenvalue weighted by Crippen LogP contribution is 2.33. The van der Waals surface area contributed by atoms with Crippen molar-refractivity contribution in [2.75, 3.05) is 19.5 Å². The molecular formula is C28H30N4O3S. The molecule has 8 heteroatoms. The quantitative estimate of drug-likeness (QED) is 0.222. The summed E-state index contributed by atoms with van der Waals surface area (Å²) in [7, 11) is 1.64. The van der Waals surface area contributed by atoms with Crippen LogP contribution < -0.4 is 4.74 Å². The smallest absolute Gasteiger partial charge is 0.196 e. The molecule has 0 saturated carbocycles. The number of ether oxygens (including phenoxy) is 2. The number of nitrogens with zero attached hydrogens (tertiary/aromatic N) is 4. The lowest BCUT2D eigenvalue weighted by atomic mass is 10.2. The molecule has 2 aromatic heterocycles. The van der Waals surface area contributed by atoms with Crippen LogP contribution in [0, 0.1) is 13.8 Å². The van der Waals surface area contributed by atoms with E-state index >= 15 is 0 Å². The van der Waals surface area contributed by atoms with Crippen LogP contribution >= 0.6 is 11.8 Å². The van der Waals surface area contributed by atoms with Gasteiger partial charge in [-0.05, 0) is 57.0 Å². The third-order valence-corrected chi connectivity index (χ3v) is 7.54. The molecule has 0 N–H and O–H groups in total. The van der Waals surface area contributed by atoms with Crippen LogP contribution in [-0.4, -0.2) is 50.7 Å². The van der Waals surface area contributed by atoms with Crippen molar-refractivity contribution >= 4 is 17.5 Å². The molecule has 5 rings (SSSR count). The van der Waals surface area contributed by atoms with Crippen molar-refractivity contribution in [3.63, 3.8) is 0 Å². The third kappa shape index (κ3) is 4.83. The monoisotopic (exact) mass is 502 g/mol. The Kier molecular flexibility index (Phi) is 7.25. The molecular weight excluding hydrogens is 472 g/mol. The second-order valence-corrected chi connectivity index (χ2v) is 9.86. The number of carbonyl (C=O) groups is 1. The Labute approximate surface area is 215 Å². The van der Waals surface area contributed by atoms with Crippen LogP contribution in [-0.2, 0) is 11.3 Å². The molecule has 1 aliphatic rings. The van der Waals surface area contributed by atoms with Gasteiger partial charge in [0.15, 0.2) is 16.8 Å². The van der Waals surface area contributed by atoms with Crippen molar-refractivity contribution in [1.29, 1.82) is 0 Å². The maximum atomic E-state index is 13.3. The van der Waals surface area contributed by atoms with Gasteiger partial charge in [0.25, 0.3) is 0 Å². The van der Waals surface area contributed by atoms with Crippen LogP contribution in [0.1, 0.15) is 34.6 Å². The number of hydrogen-bond donors (Lipinski definition) is 0. The summed E-state index contributed by atoms with van der Waals surface area (Å²) in [6, 6.07) is 19.7. The van der Waals surface area contributed by atoms with Gasteiger partial charge in [0, 0.05) is 35.8 Å². The van der Waals surface area contributed by atoms with E-state index in [-0.39, 0.29) is 17.6 Å². The first-order chi connectivity index (χ1) is 17.6. The summed E-state index contributed by atoms with van der Waals surface area (Å²) in [4.78, 5) is 13.3. The van der Waals surface area contributed by atoms with E-state index in [2.05, 4.69) is 21.7 Å². The van der Waals surface area contributed by atoms with E-state index in [1.807, 2.05) is 72.2 Å². The molecule has 7 nitrogen and oxygen atoms in total. The number of Topliss-reactive ketones (excluding diaryl/α,β-unsaturated/α-hetero) is 1. The Hall–Kier alpha value is -3.36. The number of carbonyl (C=O) groups excluding carboxylic acids is 1. The fraction of sp³-hybridized carbons (Fsp3) is 0.321. The van der Waals surface area contributed by atoms with Gasteiger partial charge in [0.2, 0.25) is 0 Å². The van der Waals surface area contributed by atoms with Gasteiger partial charge < -0.3 is 14.0 Å². The van der Waals surface area contributed by atoms with Crippen molar-refractivity contribution in [3.8, 4) is 22.8 Å². The molecule has 4 aromatic rings. The zero-order valence-electron chi connectivity index (χ0n) is 20.8. The topological polar surface area (TPSA) is 71.2 Å². The van der Waals surface area contributed by atoms with Crippen LogP contribution in [0.5, 0.6) is 5.75 Å². The van der Waals surface area contributed by atoms with Gasteiger partial charge in [-0.1, -0.05) is 42.1 Å². The van der Waals surface area contributed by atoms with E-state index in [1.54, 1.807) is 7.11 Å². The number of benzene rings is 2. The summed E-state index contributed by atoms with van der Waals surface area (Å²) in [5.74, 6) is 1.73. The van der Waals surface area contributed by atoms with Crippen molar-refractivity contribution in [2.24, 2.45) is 0 Å². The second-order valence-electron chi connectivity index (χ2n) is 8.92. The summed E-state index contributed by atoms with van der Waals surface area (Å²) in [5, 5.41) is 9.62. The fourth-order valence-corrected chi connectivity index (χ4v) is 5.58. The van der Waals surface area contributed by atoms with E-state index in [4.69, 9.17) is 9.47 Å². The number of ketones is 1. The van der Waals surface area contributed by atoms with Crippen LogP contribution in [0.4, 0.5) is 0 Å². The van der Waals surface area contributed by atoms with Crippen molar-refractivity contribution in [1.82, 2.24) is 19.3 Å². The van der Waals surface area contributed by atoms with Crippen molar-refractivity contribution in [3.05, 3.63) is 77.6 Å². The van der Waals surface area contributed by atoms with Gasteiger partial charge in [-0.3, -0.25) is 9.36 Å². The summed E-state index contributed by atoms with van der Waals surface area (Å²) < 4.78 is 15.6. The summed E-state index contributed by atoms with van der Waals surface area (Å²) in [5.41, 5.74) is 4.60. The number of rotatable bonds is 9. The predicted molar refractivity (Wildman–Crippen MR) is 141 cm³/mol. The molecule has 1 saturated heterocycles. The number of methoxy groups -OCH3 is 1. The van der Waals surface area contributed by atoms with E-state index in [0.717, 1.165) is 54.2 Å². The molecule has 0 radical (unpaired) electrons. The summed E-state index contributed by atoms with van der Waals surface area (Å²) in [6.45, 7) is 5.69. The minimum absolute atomic E-state index is 0.0770. The van der Waals surface area contributed by atoms with Crippen LogP contribution in [0.15, 0.2) is 65.8 Å². The van der Waals surface area contributed by atoms with Crippen LogP contribution in [0.3, 0.4) is 0 Å². The highest BCUT2D eigenvalue weighted by atomic mass is 32.2. The largest absolute Gasteiger partial charge is 0.496 e. The standard InChI is InChI=1S/C28H30N4O3S/c1-19-16-24(20(2)31(19)17-22-12-9-15-35-22)25(33)18-36-28-30-29-27(23-13-7-8-14-26(23)34-3)32(28)21-10-5-4-6-11-21/h4-8,10-11,13-14,16,22H,9,12,15,17-18H2,1-3H3/t22-/m1/s1. The molecule has 0 aliphatic carbocycles. The Balaban J connectivity index is 1.41. The van der Waals surface area contributed by atoms with Crippen LogP contribution in [0.25, 0.3) is 17.1 Å². The molecule has 0 spiro atoms. The molecule has 3 heterocycles. The second kappa shape index (κ2) is 10.7. The minimum Gasteiger partial charge on any atom is -0.496 e. The Morgan fingerprint density at radius 2 is 1.89 bits per heavy atom. The normalized spacial score (nSPS) is 15.4. The molecule has 0 unspecified atom stereocenters. The minimum atomic E-state index is 0.0770. The Morgan fingerprint density at radius 3 is 2.64 bits per heavy atom. The number of aryl methyl sites for hydroxylation is 1. The number of para-hydroxylation sites is 2. The number of aromatic nitrogens is 4. The number of hydrogen-bond acceptors (Lipinski definition) is 6. The molecule has 1 atom stereocenters. The maximum Gasteiger partial charge on any atom is 0.196 e. The molecule has 1 aliphatic heterocycles. The fourth-order valence-electron chi connectivity index (χ4n) is 4.74. The first-order valence-corrected chi connectivity index (χ1v) is 13.1. The lowest BCUT2D eigenvalue weighted by Crippen LogP contribution is -2.17. The molecule has 36 heavy (non-hydrogen) atoms. The van der Waals surface area contributed by atoms with Crippen molar-refractivity contribution in [2.45, 2.75) is 44.5 Å². The van der Waals surface area contributed by atoms with E-state index in [1.165, 1.54) is 11.8 Å². The first-order valence-electron chi connectivity index (χ1n) is 12.2. The van der Waals surface area contributed by atoms with E-state index < -0.39 is 0 Å². The number of thioether (sulfide) groups is 1. The van der Waals surface area contributed by atoms with Crippen molar-refractivity contribution < 1.29 is 14.3 Å². The van der Waals surface area contributed by atoms with Gasteiger partial charge in [-0.2, -0.15) is 0 Å². The maximum absolute atomic E-state index is 13.3. The lowest BCUT2D eigenvalue weighted by molar-refractivity contribution is 0.0957. The van der Waals surface area contributed by atoms with Gasteiger partial charge >= 0.3 is 0 Å². The lowest BCUT2D eigenvalue weighted by Gasteiger charge is -2.14. The molecule has 1 fully saturated rings. The molecule has 2 aromatic carbocycles. The van der Waals surface area contributed by atoms with Gasteiger partial charge in [0.05, 0.1) is 24.5 Å². The Bertz CT molecular complexity index is 1360. The SMILES string of the molecule is COc1ccccc1-c1nnc(SCC(=O)c2cc(C)n(C[C@H]3CCCO3)c2C)n1-c1ccccc1. The van der Waals surface area contributed by atoms with Gasteiger partial charge in [-0.15, -0.1) is 10.2 Å². The molecule has 0 amide bonds. The summed E-state index contributed by atoms with van der Waals surface area (Å²) in [6.07, 6.45) is 2.40. The Morgan fingerprint density at radius 1 is 1.11 bits per heavy atom. The van der Waals surface area contributed by atoms with Gasteiger partial charge in [-0.25, -0.2) is 0 Å². The zero-order valence-corrected chi connectivity index (χ0v) is 21.6. The van der Waals surface area contributed by atoms with Crippen LogP contribution in [0.2, 0.25) is 0 Å². The molecule has 186 valence electrons. The highest BCUT2D eigenvalue weighted by Gasteiger charge is 2.23. The van der Waals surface area contributed by atoms with E-state index in [0.29, 0.717) is 16.7 Å². The van der Waals surface area contributed by atoms with Gasteiger partial charge in [0.1, 0.15) is 5.75 Å². The predicted octanol–water partition coefficient (Wildman–Crippen LogP) is 5.52. The average molecular weight is 503 g/mol. The average Bonchev–Trinajstić information content (AvgIpc) is 3.64. The summed E-state index contributed by atoms with van der Waals surface area (Å²) >= 11 is 1.40. The van der Waals surface area contributed by atoms with E-state index in [9.17, 15) is 4.79 Å². The molecule has 0 bridgehead atoms. The zero-order chi connectivity index (χ0) is 25.1.